The van der Waals surface area contributed by atoms with E-state index in [0.717, 1.165) is 23.3 Å². The molecule has 1 aliphatic rings. The van der Waals surface area contributed by atoms with Gasteiger partial charge >= 0.3 is 0 Å². The number of hydrogen-bond acceptors (Lipinski definition) is 5. The van der Waals surface area contributed by atoms with Gasteiger partial charge in [0.05, 0.1) is 19.6 Å². The van der Waals surface area contributed by atoms with Gasteiger partial charge < -0.3 is 4.57 Å². The van der Waals surface area contributed by atoms with Crippen LogP contribution < -0.4 is 5.32 Å². The lowest BCUT2D eigenvalue weighted by atomic mass is 9.97. The molecule has 122 valence electrons. The van der Waals surface area contributed by atoms with E-state index in [1.54, 1.807) is 6.20 Å². The Balaban J connectivity index is 2.00. The second kappa shape index (κ2) is 5.73. The van der Waals surface area contributed by atoms with Gasteiger partial charge in [-0.1, -0.05) is 20.8 Å². The van der Waals surface area contributed by atoms with Gasteiger partial charge in [0.25, 0.3) is 0 Å². The lowest BCUT2D eigenvalue weighted by Crippen LogP contribution is -2.51. The quantitative estimate of drug-likeness (QED) is 0.853. The number of fused-ring (bicyclic) bond motifs is 1. The van der Waals surface area contributed by atoms with E-state index in [1.165, 1.54) is 11.2 Å². The maximum absolute atomic E-state index is 12.0. The van der Waals surface area contributed by atoms with E-state index < -0.39 is 0 Å². The minimum Gasteiger partial charge on any atom is -0.327 e. The Morgan fingerprint density at radius 3 is 2.57 bits per heavy atom. The molecule has 0 radical (unpaired) electrons. The molecule has 3 heterocycles. The minimum absolute atomic E-state index is 0.0448. The number of carbonyl (C=O) groups is 2. The molecule has 1 fully saturated rings. The monoisotopic (exact) mass is 315 g/mol. The summed E-state index contributed by atoms with van der Waals surface area (Å²) in [6, 6.07) is 1.96. The average molecular weight is 315 g/mol. The van der Waals surface area contributed by atoms with Crippen molar-refractivity contribution < 1.29 is 9.59 Å². The van der Waals surface area contributed by atoms with Crippen LogP contribution in [0.15, 0.2) is 18.6 Å². The first-order valence-corrected chi connectivity index (χ1v) is 7.67. The van der Waals surface area contributed by atoms with Crippen molar-refractivity contribution >= 4 is 22.8 Å². The summed E-state index contributed by atoms with van der Waals surface area (Å²) in [5, 5.41) is 3.73. The van der Waals surface area contributed by atoms with Crippen LogP contribution in [0.3, 0.4) is 0 Å². The Labute approximate surface area is 134 Å². The number of aromatic nitrogens is 3. The molecule has 7 nitrogen and oxygen atoms in total. The molecule has 0 spiro atoms. The highest BCUT2D eigenvalue weighted by atomic mass is 16.2. The zero-order chi connectivity index (χ0) is 16.6. The molecule has 0 aromatic carbocycles. The van der Waals surface area contributed by atoms with Crippen molar-refractivity contribution in [1.29, 1.82) is 0 Å². The number of imide groups is 1. The van der Waals surface area contributed by atoms with Crippen molar-refractivity contribution in [1.82, 2.24) is 24.8 Å². The summed E-state index contributed by atoms with van der Waals surface area (Å²) in [5.74, 6) is -0.389. The second-order valence-electron chi connectivity index (χ2n) is 7.06. The molecule has 1 N–H and O–H groups in total. The Morgan fingerprint density at radius 1 is 1.22 bits per heavy atom. The molecule has 0 unspecified atom stereocenters. The van der Waals surface area contributed by atoms with Crippen LogP contribution in [-0.2, 0) is 22.7 Å². The van der Waals surface area contributed by atoms with Crippen molar-refractivity contribution in [3.63, 3.8) is 0 Å². The molecule has 2 aromatic rings. The number of amides is 2. The lowest BCUT2D eigenvalue weighted by Gasteiger charge is -2.27. The third kappa shape index (κ3) is 3.24. The summed E-state index contributed by atoms with van der Waals surface area (Å²) in [5.41, 5.74) is 1.78. The van der Waals surface area contributed by atoms with Crippen molar-refractivity contribution in [3.8, 4) is 0 Å². The summed E-state index contributed by atoms with van der Waals surface area (Å²) in [6.45, 7) is 7.85. The predicted molar refractivity (Wildman–Crippen MR) is 85.4 cm³/mol. The summed E-state index contributed by atoms with van der Waals surface area (Å²) in [7, 11) is 0. The fourth-order valence-electron chi connectivity index (χ4n) is 2.78. The number of piperazine rings is 1. The highest BCUT2D eigenvalue weighted by Crippen LogP contribution is 2.25. The largest absolute Gasteiger partial charge is 0.327 e. The third-order valence-electron chi connectivity index (χ3n) is 3.75. The molecular weight excluding hydrogens is 294 g/mol. The van der Waals surface area contributed by atoms with E-state index in [9.17, 15) is 9.59 Å². The van der Waals surface area contributed by atoms with Crippen LogP contribution in [-0.4, -0.2) is 44.3 Å². The average Bonchev–Trinajstić information content (AvgIpc) is 2.79. The van der Waals surface area contributed by atoms with Crippen molar-refractivity contribution in [2.45, 2.75) is 33.9 Å². The van der Waals surface area contributed by atoms with Crippen LogP contribution >= 0.6 is 0 Å². The van der Waals surface area contributed by atoms with Gasteiger partial charge in [-0.15, -0.1) is 0 Å². The van der Waals surface area contributed by atoms with E-state index in [1.807, 2.05) is 6.07 Å². The van der Waals surface area contributed by atoms with Gasteiger partial charge in [0, 0.05) is 23.8 Å². The highest BCUT2D eigenvalue weighted by Gasteiger charge is 2.27. The molecule has 0 atom stereocenters. The molecule has 7 heteroatoms. The van der Waals surface area contributed by atoms with Crippen LogP contribution in [0.2, 0.25) is 0 Å². The molecule has 0 saturated carbocycles. The zero-order valence-corrected chi connectivity index (χ0v) is 13.7. The molecule has 0 bridgehead atoms. The predicted octanol–water partition coefficient (Wildman–Crippen LogP) is 0.936. The van der Waals surface area contributed by atoms with Gasteiger partial charge in [-0.3, -0.25) is 19.8 Å². The maximum Gasteiger partial charge on any atom is 0.243 e. The molecule has 23 heavy (non-hydrogen) atoms. The van der Waals surface area contributed by atoms with Gasteiger partial charge in [-0.2, -0.15) is 0 Å². The van der Waals surface area contributed by atoms with Crippen molar-refractivity contribution in [2.75, 3.05) is 13.1 Å². The van der Waals surface area contributed by atoms with Crippen molar-refractivity contribution in [3.05, 3.63) is 24.3 Å². The normalized spacial score (nSPS) is 16.4. The van der Waals surface area contributed by atoms with E-state index in [-0.39, 0.29) is 36.9 Å². The third-order valence-corrected chi connectivity index (χ3v) is 3.75. The van der Waals surface area contributed by atoms with E-state index in [0.29, 0.717) is 0 Å². The highest BCUT2D eigenvalue weighted by molar-refractivity contribution is 5.99. The molecule has 0 aliphatic carbocycles. The van der Waals surface area contributed by atoms with Crippen LogP contribution in [0.4, 0.5) is 0 Å². The lowest BCUT2D eigenvalue weighted by molar-refractivity contribution is -0.147. The van der Waals surface area contributed by atoms with Gasteiger partial charge in [-0.05, 0) is 11.5 Å². The Hall–Kier alpha value is -2.28. The number of nitrogens with one attached hydrogen (secondary N) is 1. The number of nitrogens with zero attached hydrogens (tertiary/aromatic N) is 4. The fraction of sp³-hybridized carbons (Fsp3) is 0.500. The molecular formula is C16H21N5O2. The number of rotatable bonds is 3. The first-order valence-electron chi connectivity index (χ1n) is 7.67. The number of hydrogen-bond donors (Lipinski definition) is 1. The fourth-order valence-corrected chi connectivity index (χ4v) is 2.78. The van der Waals surface area contributed by atoms with Crippen LogP contribution in [0.5, 0.6) is 0 Å². The Kier molecular flexibility index (Phi) is 3.89. The molecule has 1 saturated heterocycles. The summed E-state index contributed by atoms with van der Waals surface area (Å²) in [4.78, 5) is 33.8. The maximum atomic E-state index is 12.0. The molecule has 1 aliphatic heterocycles. The minimum atomic E-state index is -0.195. The van der Waals surface area contributed by atoms with Gasteiger partial charge in [0.15, 0.2) is 0 Å². The smallest absolute Gasteiger partial charge is 0.243 e. The van der Waals surface area contributed by atoms with Crippen LogP contribution in [0.25, 0.3) is 11.0 Å². The van der Waals surface area contributed by atoms with Crippen LogP contribution in [0, 0.1) is 5.41 Å². The first-order chi connectivity index (χ1) is 10.8. The van der Waals surface area contributed by atoms with E-state index in [4.69, 9.17) is 0 Å². The Bertz CT molecular complexity index is 743. The second-order valence-corrected chi connectivity index (χ2v) is 7.06. The molecule has 2 amide bonds. The van der Waals surface area contributed by atoms with Gasteiger partial charge in [0.2, 0.25) is 11.8 Å². The van der Waals surface area contributed by atoms with Crippen molar-refractivity contribution in [2.24, 2.45) is 5.41 Å². The first kappa shape index (κ1) is 15.6. The molecule has 3 rings (SSSR count). The summed E-state index contributed by atoms with van der Waals surface area (Å²) in [6.07, 6.45) is 3.28. The topological polar surface area (TPSA) is 80.1 Å². The standard InChI is InChI=1S/C16H21N5O2/c1-16(2,3)9-21-12(4-11-5-18-10-19-15(11)21)8-20-13(22)6-17-7-14(20)23/h4-5,10,17H,6-9H2,1-3H3. The Morgan fingerprint density at radius 2 is 1.91 bits per heavy atom. The van der Waals surface area contributed by atoms with Gasteiger partial charge in [-0.25, -0.2) is 9.97 Å². The van der Waals surface area contributed by atoms with Gasteiger partial charge in [0.1, 0.15) is 12.0 Å². The van der Waals surface area contributed by atoms with Crippen LogP contribution in [0.1, 0.15) is 26.5 Å². The van der Waals surface area contributed by atoms with E-state index in [2.05, 4.69) is 40.6 Å². The zero-order valence-electron chi connectivity index (χ0n) is 13.7. The van der Waals surface area contributed by atoms with E-state index >= 15 is 0 Å². The summed E-state index contributed by atoms with van der Waals surface area (Å²) < 4.78 is 2.08. The summed E-state index contributed by atoms with van der Waals surface area (Å²) >= 11 is 0. The molecule has 2 aromatic heterocycles. The number of carbonyl (C=O) groups excluding carboxylic acids is 2. The SMILES string of the molecule is CC(C)(C)Cn1c(CN2C(=O)CNCC2=O)cc2cncnc21.